The van der Waals surface area contributed by atoms with Crippen LogP contribution < -0.4 is 0 Å². The Morgan fingerprint density at radius 3 is 2.50 bits per heavy atom. The van der Waals surface area contributed by atoms with E-state index in [2.05, 4.69) is 0 Å². The second kappa shape index (κ2) is 6.63. The van der Waals surface area contributed by atoms with Gasteiger partial charge in [0.05, 0.1) is 12.7 Å². The van der Waals surface area contributed by atoms with Crippen molar-refractivity contribution in [2.24, 2.45) is 0 Å². The lowest BCUT2D eigenvalue weighted by molar-refractivity contribution is 0.0267. The normalized spacial score (nSPS) is 14.8. The topological polar surface area (TPSA) is 38.7 Å². The molecule has 2 atom stereocenters. The maximum Gasteiger partial charge on any atom is 0.106 e. The van der Waals surface area contributed by atoms with Crippen LogP contribution in [-0.4, -0.2) is 32.0 Å². The molecule has 0 aromatic heterocycles. The van der Waals surface area contributed by atoms with Gasteiger partial charge in [-0.3, -0.25) is 0 Å². The van der Waals surface area contributed by atoms with Crippen LogP contribution >= 0.6 is 0 Å². The molecule has 0 heterocycles. The first-order valence-electron chi connectivity index (χ1n) is 5.46. The maximum atomic E-state index is 9.44. The van der Waals surface area contributed by atoms with Crippen LogP contribution in [0.15, 0.2) is 24.3 Å². The highest BCUT2D eigenvalue weighted by molar-refractivity contribution is 5.30. The zero-order chi connectivity index (χ0) is 12.0. The molecule has 0 fully saturated rings. The summed E-state index contributed by atoms with van der Waals surface area (Å²) in [6, 6.07) is 7.98. The molecule has 0 aliphatic heterocycles. The lowest BCUT2D eigenvalue weighted by atomic mass is 9.98. The van der Waals surface area contributed by atoms with E-state index < -0.39 is 0 Å². The Bertz CT molecular complexity index is 310. The summed E-state index contributed by atoms with van der Waals surface area (Å²) in [6.07, 6.45) is 0.223. The summed E-state index contributed by atoms with van der Waals surface area (Å²) in [7, 11) is 3.33. The average Bonchev–Trinajstić information content (AvgIpc) is 2.26. The Morgan fingerprint density at radius 1 is 1.25 bits per heavy atom. The van der Waals surface area contributed by atoms with Gasteiger partial charge < -0.3 is 14.6 Å². The van der Waals surface area contributed by atoms with Gasteiger partial charge in [0, 0.05) is 14.2 Å². The van der Waals surface area contributed by atoms with Crippen LogP contribution in [0, 0.1) is 0 Å². The van der Waals surface area contributed by atoms with Crippen molar-refractivity contribution in [3.05, 3.63) is 35.4 Å². The van der Waals surface area contributed by atoms with Gasteiger partial charge in [0.1, 0.15) is 6.10 Å². The van der Waals surface area contributed by atoms with Crippen LogP contribution in [0.4, 0.5) is 0 Å². The van der Waals surface area contributed by atoms with Crippen LogP contribution in [0.5, 0.6) is 0 Å². The summed E-state index contributed by atoms with van der Waals surface area (Å²) in [6.45, 7) is 2.31. The third-order valence-corrected chi connectivity index (χ3v) is 2.52. The fourth-order valence-electron chi connectivity index (χ4n) is 1.79. The van der Waals surface area contributed by atoms with E-state index in [0.29, 0.717) is 13.0 Å². The minimum Gasteiger partial charge on any atom is -0.393 e. The van der Waals surface area contributed by atoms with Gasteiger partial charge in [-0.2, -0.15) is 0 Å². The van der Waals surface area contributed by atoms with Crippen LogP contribution in [0.2, 0.25) is 0 Å². The summed E-state index contributed by atoms with van der Waals surface area (Å²) in [4.78, 5) is 0. The monoisotopic (exact) mass is 224 g/mol. The Kier molecular flexibility index (Phi) is 5.46. The number of hydrogen-bond donors (Lipinski definition) is 1. The van der Waals surface area contributed by atoms with Crippen LogP contribution in [0.1, 0.15) is 24.2 Å². The summed E-state index contributed by atoms with van der Waals surface area (Å²) >= 11 is 0. The zero-order valence-electron chi connectivity index (χ0n) is 10.1. The molecule has 0 amide bonds. The molecule has 1 rings (SSSR count). The van der Waals surface area contributed by atoms with Crippen molar-refractivity contribution < 1.29 is 14.6 Å². The molecular formula is C13H20O3. The first kappa shape index (κ1) is 13.2. The smallest absolute Gasteiger partial charge is 0.106 e. The fourth-order valence-corrected chi connectivity index (χ4v) is 1.79. The minimum atomic E-state index is -0.346. The number of aliphatic hydroxyl groups excluding tert-OH is 1. The lowest BCUT2D eigenvalue weighted by Crippen LogP contribution is -2.13. The largest absolute Gasteiger partial charge is 0.393 e. The molecule has 0 radical (unpaired) electrons. The number of hydrogen-bond acceptors (Lipinski definition) is 3. The van der Waals surface area contributed by atoms with Gasteiger partial charge >= 0.3 is 0 Å². The predicted octanol–water partition coefficient (Wildman–Crippen LogP) is 1.94. The summed E-state index contributed by atoms with van der Waals surface area (Å²) < 4.78 is 10.5. The van der Waals surface area contributed by atoms with Crippen molar-refractivity contribution in [3.8, 4) is 0 Å². The van der Waals surface area contributed by atoms with Crippen molar-refractivity contribution in [3.63, 3.8) is 0 Å². The average molecular weight is 224 g/mol. The minimum absolute atomic E-state index is 0.0695. The van der Waals surface area contributed by atoms with Crippen molar-refractivity contribution in [1.29, 1.82) is 0 Å². The third-order valence-electron chi connectivity index (χ3n) is 2.52. The quantitative estimate of drug-likeness (QED) is 0.802. The molecule has 0 aliphatic rings. The van der Waals surface area contributed by atoms with Crippen molar-refractivity contribution in [1.82, 2.24) is 0 Å². The Hall–Kier alpha value is -0.900. The molecule has 0 saturated carbocycles. The van der Waals surface area contributed by atoms with Gasteiger partial charge in [-0.15, -0.1) is 0 Å². The molecule has 0 bridgehead atoms. The van der Waals surface area contributed by atoms with Crippen molar-refractivity contribution in [2.75, 3.05) is 20.8 Å². The second-order valence-electron chi connectivity index (χ2n) is 3.93. The van der Waals surface area contributed by atoms with Gasteiger partial charge in [0.2, 0.25) is 0 Å². The molecule has 3 heteroatoms. The van der Waals surface area contributed by atoms with Gasteiger partial charge in [-0.25, -0.2) is 0 Å². The molecule has 2 unspecified atom stereocenters. The van der Waals surface area contributed by atoms with E-state index in [1.54, 1.807) is 21.1 Å². The third kappa shape index (κ3) is 3.59. The Morgan fingerprint density at radius 2 is 1.94 bits per heavy atom. The number of methoxy groups -OCH3 is 2. The number of aliphatic hydroxyl groups is 1. The van der Waals surface area contributed by atoms with Gasteiger partial charge in [-0.05, 0) is 24.5 Å². The van der Waals surface area contributed by atoms with Crippen molar-refractivity contribution >= 4 is 0 Å². The van der Waals surface area contributed by atoms with Crippen LogP contribution in [0.25, 0.3) is 0 Å². The SMILES string of the molecule is COCC(OC)c1ccccc1CC(C)O. The first-order valence-corrected chi connectivity index (χ1v) is 5.46. The first-order chi connectivity index (χ1) is 7.69. The molecule has 0 saturated heterocycles. The lowest BCUT2D eigenvalue weighted by Gasteiger charge is -2.19. The van der Waals surface area contributed by atoms with E-state index in [1.807, 2.05) is 24.3 Å². The van der Waals surface area contributed by atoms with Gasteiger partial charge in [0.25, 0.3) is 0 Å². The number of benzene rings is 1. The van der Waals surface area contributed by atoms with E-state index in [9.17, 15) is 5.11 Å². The second-order valence-corrected chi connectivity index (χ2v) is 3.93. The molecule has 0 spiro atoms. The fraction of sp³-hybridized carbons (Fsp3) is 0.538. The molecular weight excluding hydrogens is 204 g/mol. The highest BCUT2D eigenvalue weighted by atomic mass is 16.5. The summed E-state index contributed by atoms with van der Waals surface area (Å²) in [5.41, 5.74) is 2.20. The molecule has 1 N–H and O–H groups in total. The molecule has 3 nitrogen and oxygen atoms in total. The molecule has 90 valence electrons. The predicted molar refractivity (Wildman–Crippen MR) is 63.5 cm³/mol. The zero-order valence-corrected chi connectivity index (χ0v) is 10.1. The van der Waals surface area contributed by atoms with E-state index in [1.165, 1.54) is 0 Å². The molecule has 16 heavy (non-hydrogen) atoms. The summed E-state index contributed by atoms with van der Waals surface area (Å²) in [5.74, 6) is 0. The molecule has 0 aliphatic carbocycles. The molecule has 1 aromatic rings. The van der Waals surface area contributed by atoms with E-state index in [4.69, 9.17) is 9.47 Å². The number of rotatable bonds is 6. The van der Waals surface area contributed by atoms with E-state index >= 15 is 0 Å². The van der Waals surface area contributed by atoms with Gasteiger partial charge in [0.15, 0.2) is 0 Å². The van der Waals surface area contributed by atoms with Gasteiger partial charge in [-0.1, -0.05) is 24.3 Å². The number of ether oxygens (including phenoxy) is 2. The standard InChI is InChI=1S/C13H20O3/c1-10(14)8-11-6-4-5-7-12(11)13(16-3)9-15-2/h4-7,10,13-14H,8-9H2,1-3H3. The molecule has 1 aromatic carbocycles. The van der Waals surface area contributed by atoms with E-state index in [-0.39, 0.29) is 12.2 Å². The highest BCUT2D eigenvalue weighted by Gasteiger charge is 2.14. The Labute approximate surface area is 97.0 Å². The Balaban J connectivity index is 2.91. The highest BCUT2D eigenvalue weighted by Crippen LogP contribution is 2.22. The summed E-state index contributed by atoms with van der Waals surface area (Å²) in [5, 5.41) is 9.44. The van der Waals surface area contributed by atoms with Crippen LogP contribution in [0.3, 0.4) is 0 Å². The van der Waals surface area contributed by atoms with E-state index in [0.717, 1.165) is 11.1 Å². The van der Waals surface area contributed by atoms with Crippen molar-refractivity contribution in [2.45, 2.75) is 25.6 Å². The van der Waals surface area contributed by atoms with Crippen LogP contribution in [-0.2, 0) is 15.9 Å². The maximum absolute atomic E-state index is 9.44.